The number of amides is 1. The number of phenols is 1. The van der Waals surface area contributed by atoms with Crippen molar-refractivity contribution >= 4 is 17.5 Å². The molecule has 1 saturated heterocycles. The van der Waals surface area contributed by atoms with Gasteiger partial charge in [-0.15, -0.1) is 0 Å². The zero-order valence-electron chi connectivity index (χ0n) is 11.0. The molecule has 2 rings (SSSR count). The number of piperidine rings is 1. The van der Waals surface area contributed by atoms with Gasteiger partial charge in [0.1, 0.15) is 5.75 Å². The molecule has 0 aromatic heterocycles. The molecule has 2 unspecified atom stereocenters. The number of nitrogens with zero attached hydrogens (tertiary/aromatic N) is 1. The van der Waals surface area contributed by atoms with Crippen LogP contribution in [-0.4, -0.2) is 35.0 Å². The molecular weight excluding hydrogens is 264 g/mol. The number of hydrogen-bond acceptors (Lipinski definition) is 3. The van der Waals surface area contributed by atoms with E-state index in [1.54, 1.807) is 4.90 Å². The van der Waals surface area contributed by atoms with Crippen LogP contribution < -0.4 is 5.73 Å². The number of halogens is 1. The van der Waals surface area contributed by atoms with Gasteiger partial charge in [-0.2, -0.15) is 0 Å². The second kappa shape index (κ2) is 5.80. The van der Waals surface area contributed by atoms with E-state index in [0.29, 0.717) is 29.6 Å². The Balaban J connectivity index is 2.17. The molecule has 104 valence electrons. The fourth-order valence-corrected chi connectivity index (χ4v) is 2.67. The van der Waals surface area contributed by atoms with E-state index in [-0.39, 0.29) is 17.7 Å². The summed E-state index contributed by atoms with van der Waals surface area (Å²) >= 11 is 6.03. The maximum Gasteiger partial charge on any atom is 0.255 e. The Kier molecular flexibility index (Phi) is 4.32. The van der Waals surface area contributed by atoms with Gasteiger partial charge in [-0.05, 0) is 43.9 Å². The molecule has 1 aliphatic heterocycles. The first kappa shape index (κ1) is 14.2. The molecule has 0 bridgehead atoms. The van der Waals surface area contributed by atoms with Crippen molar-refractivity contribution in [2.45, 2.75) is 25.8 Å². The van der Waals surface area contributed by atoms with Gasteiger partial charge in [-0.1, -0.05) is 11.6 Å². The molecule has 2 atom stereocenters. The van der Waals surface area contributed by atoms with E-state index in [1.165, 1.54) is 18.2 Å². The maximum absolute atomic E-state index is 12.4. The Bertz CT molecular complexity index is 477. The second-order valence-corrected chi connectivity index (χ2v) is 5.58. The standard InChI is InChI=1S/C14H19ClN2O2/c1-9(16)10-3-2-6-17(8-10)14(19)12-7-11(18)4-5-13(12)15/h4-5,7,9-10,18H,2-3,6,8,16H2,1H3. The van der Waals surface area contributed by atoms with Gasteiger partial charge in [0.25, 0.3) is 5.91 Å². The number of hydrogen-bond donors (Lipinski definition) is 2. The number of benzene rings is 1. The second-order valence-electron chi connectivity index (χ2n) is 5.18. The first-order chi connectivity index (χ1) is 8.99. The van der Waals surface area contributed by atoms with E-state index in [0.717, 1.165) is 12.8 Å². The Labute approximate surface area is 118 Å². The lowest BCUT2D eigenvalue weighted by Crippen LogP contribution is -2.45. The van der Waals surface area contributed by atoms with Crippen LogP contribution in [-0.2, 0) is 0 Å². The summed E-state index contributed by atoms with van der Waals surface area (Å²) in [6.07, 6.45) is 2.00. The monoisotopic (exact) mass is 282 g/mol. The van der Waals surface area contributed by atoms with Crippen molar-refractivity contribution < 1.29 is 9.90 Å². The molecule has 1 heterocycles. The molecule has 1 aliphatic rings. The van der Waals surface area contributed by atoms with Crippen molar-refractivity contribution in [1.82, 2.24) is 4.90 Å². The molecule has 19 heavy (non-hydrogen) atoms. The molecule has 1 fully saturated rings. The Hall–Kier alpha value is -1.26. The number of aromatic hydroxyl groups is 1. The van der Waals surface area contributed by atoms with E-state index >= 15 is 0 Å². The number of rotatable bonds is 2. The van der Waals surface area contributed by atoms with Gasteiger partial charge in [0.15, 0.2) is 0 Å². The van der Waals surface area contributed by atoms with Crippen LogP contribution in [0.5, 0.6) is 5.75 Å². The van der Waals surface area contributed by atoms with Crippen molar-refractivity contribution in [1.29, 1.82) is 0 Å². The summed E-state index contributed by atoms with van der Waals surface area (Å²) in [7, 11) is 0. The Morgan fingerprint density at radius 1 is 1.58 bits per heavy atom. The largest absolute Gasteiger partial charge is 0.508 e. The third-order valence-electron chi connectivity index (χ3n) is 3.67. The lowest BCUT2D eigenvalue weighted by molar-refractivity contribution is 0.0660. The van der Waals surface area contributed by atoms with Gasteiger partial charge in [0.05, 0.1) is 10.6 Å². The SMILES string of the molecule is CC(N)C1CCCN(C(=O)c2cc(O)ccc2Cl)C1. The zero-order valence-corrected chi connectivity index (χ0v) is 11.7. The van der Waals surface area contributed by atoms with Crippen LogP contribution in [0.25, 0.3) is 0 Å². The normalized spacial score (nSPS) is 21.2. The minimum atomic E-state index is -0.133. The summed E-state index contributed by atoms with van der Waals surface area (Å²) < 4.78 is 0. The Morgan fingerprint density at radius 2 is 2.32 bits per heavy atom. The van der Waals surface area contributed by atoms with Crippen molar-refractivity contribution in [3.8, 4) is 5.75 Å². The summed E-state index contributed by atoms with van der Waals surface area (Å²) in [6, 6.07) is 4.51. The molecule has 0 aliphatic carbocycles. The molecule has 0 spiro atoms. The van der Waals surface area contributed by atoms with Crippen molar-refractivity contribution in [3.63, 3.8) is 0 Å². The van der Waals surface area contributed by atoms with Crippen LogP contribution in [0.2, 0.25) is 5.02 Å². The summed E-state index contributed by atoms with van der Waals surface area (Å²) in [5.41, 5.74) is 6.27. The minimum absolute atomic E-state index is 0.0495. The smallest absolute Gasteiger partial charge is 0.255 e. The fraction of sp³-hybridized carbons (Fsp3) is 0.500. The molecule has 1 amide bonds. The number of carbonyl (C=O) groups excluding carboxylic acids is 1. The molecule has 0 saturated carbocycles. The third-order valence-corrected chi connectivity index (χ3v) is 4.00. The molecule has 1 aromatic carbocycles. The molecule has 3 N–H and O–H groups in total. The van der Waals surface area contributed by atoms with Gasteiger partial charge in [0.2, 0.25) is 0 Å². The maximum atomic E-state index is 12.4. The predicted octanol–water partition coefficient (Wildman–Crippen LogP) is 2.25. The van der Waals surface area contributed by atoms with E-state index in [2.05, 4.69) is 0 Å². The molecule has 4 nitrogen and oxygen atoms in total. The quantitative estimate of drug-likeness (QED) is 0.874. The van der Waals surface area contributed by atoms with Gasteiger partial charge < -0.3 is 15.7 Å². The van der Waals surface area contributed by atoms with Crippen molar-refractivity contribution in [2.75, 3.05) is 13.1 Å². The van der Waals surface area contributed by atoms with Crippen molar-refractivity contribution in [2.24, 2.45) is 11.7 Å². The zero-order chi connectivity index (χ0) is 14.0. The first-order valence-electron chi connectivity index (χ1n) is 6.52. The van der Waals surface area contributed by atoms with Crippen LogP contribution in [0.4, 0.5) is 0 Å². The van der Waals surface area contributed by atoms with Crippen LogP contribution in [0, 0.1) is 5.92 Å². The van der Waals surface area contributed by atoms with Gasteiger partial charge >= 0.3 is 0 Å². The summed E-state index contributed by atoms with van der Waals surface area (Å²) in [6.45, 7) is 3.34. The van der Waals surface area contributed by atoms with E-state index in [4.69, 9.17) is 17.3 Å². The molecular formula is C14H19ClN2O2. The number of phenolic OH excluding ortho intramolecular Hbond substituents is 1. The summed E-state index contributed by atoms with van der Waals surface area (Å²) in [5, 5.41) is 9.84. The minimum Gasteiger partial charge on any atom is -0.508 e. The highest BCUT2D eigenvalue weighted by Gasteiger charge is 2.27. The first-order valence-corrected chi connectivity index (χ1v) is 6.90. The van der Waals surface area contributed by atoms with Gasteiger partial charge in [-0.3, -0.25) is 4.79 Å². The third kappa shape index (κ3) is 3.19. The van der Waals surface area contributed by atoms with Crippen LogP contribution in [0.15, 0.2) is 18.2 Å². The van der Waals surface area contributed by atoms with E-state index in [9.17, 15) is 9.90 Å². The van der Waals surface area contributed by atoms with Crippen LogP contribution >= 0.6 is 11.6 Å². The predicted molar refractivity (Wildman–Crippen MR) is 75.4 cm³/mol. The molecule has 0 radical (unpaired) electrons. The van der Waals surface area contributed by atoms with Crippen LogP contribution in [0.1, 0.15) is 30.1 Å². The summed E-state index contributed by atoms with van der Waals surface area (Å²) in [4.78, 5) is 14.2. The van der Waals surface area contributed by atoms with Gasteiger partial charge in [-0.25, -0.2) is 0 Å². The molecule has 1 aromatic rings. The highest BCUT2D eigenvalue weighted by Crippen LogP contribution is 2.25. The van der Waals surface area contributed by atoms with E-state index in [1.807, 2.05) is 6.92 Å². The fourth-order valence-electron chi connectivity index (χ4n) is 2.47. The van der Waals surface area contributed by atoms with Crippen LogP contribution in [0.3, 0.4) is 0 Å². The highest BCUT2D eigenvalue weighted by molar-refractivity contribution is 6.33. The number of carbonyl (C=O) groups is 1. The Morgan fingerprint density at radius 3 is 3.00 bits per heavy atom. The number of nitrogens with two attached hydrogens (primary N) is 1. The number of likely N-dealkylation sites (tertiary alicyclic amines) is 1. The molecule has 5 heteroatoms. The summed E-state index contributed by atoms with van der Waals surface area (Å²) in [5.74, 6) is 0.244. The van der Waals surface area contributed by atoms with Gasteiger partial charge in [0, 0.05) is 19.1 Å². The topological polar surface area (TPSA) is 66.6 Å². The average molecular weight is 283 g/mol. The highest BCUT2D eigenvalue weighted by atomic mass is 35.5. The van der Waals surface area contributed by atoms with E-state index < -0.39 is 0 Å². The van der Waals surface area contributed by atoms with Crippen molar-refractivity contribution in [3.05, 3.63) is 28.8 Å². The lowest BCUT2D eigenvalue weighted by Gasteiger charge is -2.34. The average Bonchev–Trinajstić information content (AvgIpc) is 2.41. The lowest BCUT2D eigenvalue weighted by atomic mass is 9.92.